The van der Waals surface area contributed by atoms with E-state index in [2.05, 4.69) is 20.8 Å². The summed E-state index contributed by atoms with van der Waals surface area (Å²) in [4.78, 5) is 14.2. The monoisotopic (exact) mass is 223 g/mol. The first-order chi connectivity index (χ1) is 6.58. The molecule has 0 aliphatic carbocycles. The second kappa shape index (κ2) is 13.0. The molecule has 0 fully saturated rings. The van der Waals surface area contributed by atoms with Crippen molar-refractivity contribution < 1.29 is 14.4 Å². The van der Waals surface area contributed by atoms with E-state index in [-0.39, 0.29) is 0 Å². The van der Waals surface area contributed by atoms with Crippen LogP contribution in [0.25, 0.3) is 0 Å². The fourth-order valence-corrected chi connectivity index (χ4v) is 1.66. The Balaban J connectivity index is 0. The molecule has 0 rings (SSSR count). The molecule has 0 radical (unpaired) electrons. The van der Waals surface area contributed by atoms with Gasteiger partial charge in [-0.25, -0.2) is 0 Å². The van der Waals surface area contributed by atoms with Crippen molar-refractivity contribution in [3.8, 4) is 0 Å². The van der Waals surface area contributed by atoms with E-state index in [0.29, 0.717) is 0 Å². The summed E-state index contributed by atoms with van der Waals surface area (Å²) in [6.45, 7) is 6.87. The van der Waals surface area contributed by atoms with Gasteiger partial charge in [-0.2, -0.15) is 0 Å². The van der Waals surface area contributed by atoms with E-state index in [1.165, 1.54) is 38.5 Å². The number of rotatable bonds is 6. The predicted molar refractivity (Wildman–Crippen MR) is 60.3 cm³/mol. The van der Waals surface area contributed by atoms with E-state index in [0.717, 1.165) is 5.92 Å². The maximum Gasteiger partial charge on any atom is 0.692 e. The predicted octanol–water partition coefficient (Wildman–Crippen LogP) is 3.63. The van der Waals surface area contributed by atoms with Crippen LogP contribution in [0.1, 0.15) is 59.3 Å². The van der Waals surface area contributed by atoms with E-state index >= 15 is 0 Å². The maximum absolute atomic E-state index is 8.70. The Morgan fingerprint density at radius 3 is 1.29 bits per heavy atom. The highest BCUT2D eigenvalue weighted by Crippen LogP contribution is 2.18. The maximum atomic E-state index is 8.70. The van der Waals surface area contributed by atoms with Crippen molar-refractivity contribution in [1.29, 1.82) is 0 Å². The van der Waals surface area contributed by atoms with Gasteiger partial charge in [-0.3, -0.25) is 0 Å². The Labute approximate surface area is 88.5 Å². The third-order valence-electron chi connectivity index (χ3n) is 2.09. The van der Waals surface area contributed by atoms with E-state index in [1.54, 1.807) is 0 Å². The highest BCUT2D eigenvalue weighted by atomic mass is 31.1. The van der Waals surface area contributed by atoms with Gasteiger partial charge in [0.1, 0.15) is 0 Å². The molecule has 2 N–H and O–H groups in total. The minimum atomic E-state index is -2.87. The lowest BCUT2D eigenvalue weighted by Gasteiger charge is -2.12. The summed E-state index contributed by atoms with van der Waals surface area (Å²) >= 11 is 0. The average molecular weight is 223 g/mol. The molecule has 0 aromatic heterocycles. The van der Waals surface area contributed by atoms with Gasteiger partial charge in [0.25, 0.3) is 0 Å². The molecule has 0 saturated carbocycles. The minimum absolute atomic E-state index is 1.03. The van der Waals surface area contributed by atoms with Gasteiger partial charge in [0.2, 0.25) is 0 Å². The van der Waals surface area contributed by atoms with Crippen LogP contribution in [0.5, 0.6) is 0 Å². The molecule has 0 bridgehead atoms. The quantitative estimate of drug-likeness (QED) is 0.676. The van der Waals surface area contributed by atoms with Crippen LogP contribution in [0.3, 0.4) is 0 Å². The molecule has 0 aliphatic rings. The molecule has 0 aromatic rings. The zero-order chi connectivity index (χ0) is 11.4. The molecule has 0 atom stereocenters. The van der Waals surface area contributed by atoms with Crippen LogP contribution >= 0.6 is 8.25 Å². The largest absolute Gasteiger partial charge is 0.692 e. The van der Waals surface area contributed by atoms with Crippen LogP contribution in [0.2, 0.25) is 0 Å². The molecule has 3 nitrogen and oxygen atoms in total. The molecule has 0 saturated heterocycles. The van der Waals surface area contributed by atoms with Gasteiger partial charge in [-0.1, -0.05) is 59.3 Å². The first-order valence-electron chi connectivity index (χ1n) is 5.43. The van der Waals surface area contributed by atoms with Gasteiger partial charge in [0, 0.05) is 4.57 Å². The molecular weight excluding hydrogens is 199 g/mol. The molecular formula is C10H24O3P+. The SMILES string of the molecule is CCCC(CCC)CCC.O=[P+](O)O. The van der Waals surface area contributed by atoms with E-state index < -0.39 is 8.25 Å². The Bertz CT molecular complexity index is 110. The molecule has 86 valence electrons. The Kier molecular flexibility index (Phi) is 15.3. The lowest BCUT2D eigenvalue weighted by Crippen LogP contribution is -1.98. The van der Waals surface area contributed by atoms with Gasteiger partial charge < -0.3 is 0 Å². The molecule has 0 amide bonds. The van der Waals surface area contributed by atoms with Crippen LogP contribution in [-0.2, 0) is 4.57 Å². The number of hydrogen-bond acceptors (Lipinski definition) is 1. The summed E-state index contributed by atoms with van der Waals surface area (Å²) in [5.41, 5.74) is 0. The molecule has 0 heterocycles. The Morgan fingerprint density at radius 1 is 0.929 bits per heavy atom. The summed E-state index contributed by atoms with van der Waals surface area (Å²) in [5, 5.41) is 0. The Hall–Kier alpha value is 0.0200. The van der Waals surface area contributed by atoms with Gasteiger partial charge in [0.15, 0.2) is 0 Å². The van der Waals surface area contributed by atoms with Crippen LogP contribution in [0, 0.1) is 5.92 Å². The highest BCUT2D eigenvalue weighted by Gasteiger charge is 2.03. The molecule has 0 aliphatic heterocycles. The third kappa shape index (κ3) is 17.9. The van der Waals surface area contributed by atoms with Crippen molar-refractivity contribution in [3.63, 3.8) is 0 Å². The highest BCUT2D eigenvalue weighted by molar-refractivity contribution is 7.30. The topological polar surface area (TPSA) is 57.5 Å². The van der Waals surface area contributed by atoms with Crippen LogP contribution in [-0.4, -0.2) is 9.79 Å². The lowest BCUT2D eigenvalue weighted by atomic mass is 9.94. The van der Waals surface area contributed by atoms with E-state index in [9.17, 15) is 0 Å². The average Bonchev–Trinajstić information content (AvgIpc) is 2.04. The first-order valence-corrected chi connectivity index (χ1v) is 6.59. The van der Waals surface area contributed by atoms with Crippen molar-refractivity contribution in [1.82, 2.24) is 0 Å². The van der Waals surface area contributed by atoms with Crippen molar-refractivity contribution in [2.75, 3.05) is 0 Å². The molecule has 0 aromatic carbocycles. The molecule has 0 unspecified atom stereocenters. The summed E-state index contributed by atoms with van der Waals surface area (Å²) in [6.07, 6.45) is 8.44. The van der Waals surface area contributed by atoms with Crippen molar-refractivity contribution >= 4 is 8.25 Å². The van der Waals surface area contributed by atoms with Crippen LogP contribution in [0.4, 0.5) is 0 Å². The van der Waals surface area contributed by atoms with Gasteiger partial charge in [-0.05, 0) is 5.92 Å². The summed E-state index contributed by atoms with van der Waals surface area (Å²) in [5.74, 6) is 1.03. The second-order valence-electron chi connectivity index (χ2n) is 3.48. The smallest absolute Gasteiger partial charge is 0.134 e. The number of hydrogen-bond donors (Lipinski definition) is 2. The van der Waals surface area contributed by atoms with Gasteiger partial charge in [-0.15, -0.1) is 9.79 Å². The van der Waals surface area contributed by atoms with Crippen molar-refractivity contribution in [2.24, 2.45) is 5.92 Å². The molecule has 14 heavy (non-hydrogen) atoms. The third-order valence-corrected chi connectivity index (χ3v) is 2.09. The standard InChI is InChI=1S/C10H22.HO3P/c1-4-7-10(8-5-2)9-6-3;1-4(2)3/h10H,4-9H2,1-3H3;(H-,1,2,3)/p+1. The van der Waals surface area contributed by atoms with Crippen LogP contribution in [0.15, 0.2) is 0 Å². The first kappa shape index (κ1) is 16.4. The molecule has 0 spiro atoms. The van der Waals surface area contributed by atoms with E-state index in [1.807, 2.05) is 0 Å². The fraction of sp³-hybridized carbons (Fsp3) is 1.00. The summed E-state index contributed by atoms with van der Waals surface area (Å²) in [7, 11) is -2.87. The Morgan fingerprint density at radius 2 is 1.14 bits per heavy atom. The summed E-state index contributed by atoms with van der Waals surface area (Å²) < 4.78 is 8.70. The normalized spacial score (nSPS) is 9.57. The lowest BCUT2D eigenvalue weighted by molar-refractivity contribution is 0.405. The van der Waals surface area contributed by atoms with Crippen molar-refractivity contribution in [2.45, 2.75) is 59.3 Å². The zero-order valence-corrected chi connectivity index (χ0v) is 10.5. The fourth-order valence-electron chi connectivity index (χ4n) is 1.66. The van der Waals surface area contributed by atoms with E-state index in [4.69, 9.17) is 14.4 Å². The van der Waals surface area contributed by atoms with Gasteiger partial charge >= 0.3 is 8.25 Å². The minimum Gasteiger partial charge on any atom is -0.134 e. The molecule has 4 heteroatoms. The zero-order valence-electron chi connectivity index (χ0n) is 9.57. The van der Waals surface area contributed by atoms with Crippen LogP contribution < -0.4 is 0 Å². The second-order valence-corrected chi connectivity index (χ2v) is 3.99. The van der Waals surface area contributed by atoms with Gasteiger partial charge in [0.05, 0.1) is 0 Å². The summed E-state index contributed by atoms with van der Waals surface area (Å²) in [6, 6.07) is 0. The van der Waals surface area contributed by atoms with Crippen molar-refractivity contribution in [3.05, 3.63) is 0 Å².